The van der Waals surface area contributed by atoms with Gasteiger partial charge in [0, 0.05) is 6.07 Å². The van der Waals surface area contributed by atoms with Crippen molar-refractivity contribution in [1.82, 2.24) is 5.32 Å². The fraction of sp³-hybridized carbons (Fsp3) is 0.214. The van der Waals surface area contributed by atoms with Crippen LogP contribution in [-0.4, -0.2) is 20.1 Å². The Morgan fingerprint density at radius 1 is 1.25 bits per heavy atom. The van der Waals surface area contributed by atoms with Gasteiger partial charge in [-0.2, -0.15) is 0 Å². The molecule has 0 fully saturated rings. The molecule has 6 heteroatoms. The molecule has 0 aliphatic heterocycles. The molecule has 2 rings (SSSR count). The van der Waals surface area contributed by atoms with Gasteiger partial charge in [-0.15, -0.1) is 0 Å². The van der Waals surface area contributed by atoms with Crippen molar-refractivity contribution < 1.29 is 22.7 Å². The lowest BCUT2D eigenvalue weighted by Gasteiger charge is -2.14. The number of ether oxygens (including phenoxy) is 1. The molecule has 1 aromatic carbocycles. The van der Waals surface area contributed by atoms with Crippen LogP contribution in [0.4, 0.5) is 8.78 Å². The summed E-state index contributed by atoms with van der Waals surface area (Å²) in [7, 11) is 2.86. The third kappa shape index (κ3) is 2.85. The van der Waals surface area contributed by atoms with E-state index in [1.165, 1.54) is 25.3 Å². The second kappa shape index (κ2) is 5.83. The Morgan fingerprint density at radius 3 is 2.45 bits per heavy atom. The molecule has 0 aliphatic carbocycles. The zero-order chi connectivity index (χ0) is 14.7. The summed E-state index contributed by atoms with van der Waals surface area (Å²) >= 11 is 0. The molecule has 0 radical (unpaired) electrons. The highest BCUT2D eigenvalue weighted by Gasteiger charge is 2.20. The minimum absolute atomic E-state index is 0.0274. The SMILES string of the molecule is CNC(c1cc(F)cc(F)c1)c1ccc(C(=O)OC)o1. The van der Waals surface area contributed by atoms with Crippen LogP contribution in [0, 0.1) is 11.6 Å². The van der Waals surface area contributed by atoms with Crippen molar-refractivity contribution in [3.63, 3.8) is 0 Å². The second-order valence-corrected chi connectivity index (χ2v) is 4.12. The molecule has 0 amide bonds. The summed E-state index contributed by atoms with van der Waals surface area (Å²) < 4.78 is 36.4. The van der Waals surface area contributed by atoms with Crippen LogP contribution in [-0.2, 0) is 4.74 Å². The van der Waals surface area contributed by atoms with Crippen molar-refractivity contribution in [1.29, 1.82) is 0 Å². The zero-order valence-corrected chi connectivity index (χ0v) is 10.9. The van der Waals surface area contributed by atoms with E-state index in [1.807, 2.05) is 0 Å². The summed E-state index contributed by atoms with van der Waals surface area (Å²) in [4.78, 5) is 11.3. The Bertz CT molecular complexity index is 604. The van der Waals surface area contributed by atoms with Gasteiger partial charge in [0.1, 0.15) is 17.4 Å². The van der Waals surface area contributed by atoms with Gasteiger partial charge < -0.3 is 14.5 Å². The normalized spacial score (nSPS) is 12.2. The van der Waals surface area contributed by atoms with Crippen molar-refractivity contribution in [2.45, 2.75) is 6.04 Å². The van der Waals surface area contributed by atoms with E-state index in [9.17, 15) is 13.6 Å². The number of benzene rings is 1. The van der Waals surface area contributed by atoms with Crippen LogP contribution < -0.4 is 5.32 Å². The van der Waals surface area contributed by atoms with Crippen LogP contribution in [0.5, 0.6) is 0 Å². The lowest BCUT2D eigenvalue weighted by Crippen LogP contribution is -2.17. The van der Waals surface area contributed by atoms with Crippen molar-refractivity contribution in [3.05, 3.63) is 59.1 Å². The third-order valence-corrected chi connectivity index (χ3v) is 2.80. The lowest BCUT2D eigenvalue weighted by molar-refractivity contribution is 0.0562. The van der Waals surface area contributed by atoms with Gasteiger partial charge in [-0.3, -0.25) is 0 Å². The van der Waals surface area contributed by atoms with Gasteiger partial charge in [0.05, 0.1) is 13.2 Å². The molecular formula is C14H13F2NO3. The summed E-state index contributed by atoms with van der Waals surface area (Å²) in [6.07, 6.45) is 0. The third-order valence-electron chi connectivity index (χ3n) is 2.80. The molecule has 0 saturated carbocycles. The largest absolute Gasteiger partial charge is 0.463 e. The average molecular weight is 281 g/mol. The first-order valence-corrected chi connectivity index (χ1v) is 5.86. The fourth-order valence-corrected chi connectivity index (χ4v) is 1.93. The maximum atomic E-state index is 13.3. The molecule has 2 aromatic rings. The average Bonchev–Trinajstić information content (AvgIpc) is 2.87. The topological polar surface area (TPSA) is 51.5 Å². The molecule has 1 heterocycles. The van der Waals surface area contributed by atoms with Crippen molar-refractivity contribution in [2.75, 3.05) is 14.2 Å². The minimum atomic E-state index is -0.681. The van der Waals surface area contributed by atoms with E-state index in [1.54, 1.807) is 13.1 Å². The number of carbonyl (C=O) groups excluding carboxylic acids is 1. The number of furan rings is 1. The first-order chi connectivity index (χ1) is 9.55. The fourth-order valence-electron chi connectivity index (χ4n) is 1.93. The van der Waals surface area contributed by atoms with E-state index < -0.39 is 23.6 Å². The highest BCUT2D eigenvalue weighted by Crippen LogP contribution is 2.25. The van der Waals surface area contributed by atoms with Crippen LogP contribution in [0.15, 0.2) is 34.7 Å². The van der Waals surface area contributed by atoms with E-state index in [0.717, 1.165) is 6.07 Å². The van der Waals surface area contributed by atoms with Crippen molar-refractivity contribution in [3.8, 4) is 0 Å². The van der Waals surface area contributed by atoms with Gasteiger partial charge in [0.2, 0.25) is 5.76 Å². The molecule has 1 aromatic heterocycles. The second-order valence-electron chi connectivity index (χ2n) is 4.12. The lowest BCUT2D eigenvalue weighted by atomic mass is 10.0. The Balaban J connectivity index is 2.36. The monoisotopic (exact) mass is 281 g/mol. The number of carbonyl (C=O) groups is 1. The molecule has 20 heavy (non-hydrogen) atoms. The van der Waals surface area contributed by atoms with Crippen LogP contribution in [0.25, 0.3) is 0 Å². The van der Waals surface area contributed by atoms with Gasteiger partial charge in [-0.25, -0.2) is 13.6 Å². The zero-order valence-electron chi connectivity index (χ0n) is 10.9. The van der Waals surface area contributed by atoms with Crippen molar-refractivity contribution >= 4 is 5.97 Å². The quantitative estimate of drug-likeness (QED) is 0.875. The number of rotatable bonds is 4. The molecule has 0 saturated heterocycles. The first-order valence-electron chi connectivity index (χ1n) is 5.86. The van der Waals surface area contributed by atoms with Crippen LogP contribution in [0.2, 0.25) is 0 Å². The van der Waals surface area contributed by atoms with Gasteiger partial charge in [0.25, 0.3) is 0 Å². The number of esters is 1. The summed E-state index contributed by atoms with van der Waals surface area (Å²) in [5, 5.41) is 2.88. The predicted molar refractivity (Wildman–Crippen MR) is 67.3 cm³/mol. The van der Waals surface area contributed by atoms with Gasteiger partial charge in [0.15, 0.2) is 0 Å². The van der Waals surface area contributed by atoms with E-state index in [2.05, 4.69) is 10.1 Å². The Morgan fingerprint density at radius 2 is 1.90 bits per heavy atom. The molecule has 0 bridgehead atoms. The molecule has 0 spiro atoms. The Hall–Kier alpha value is -2.21. The van der Waals surface area contributed by atoms with E-state index in [0.29, 0.717) is 11.3 Å². The highest BCUT2D eigenvalue weighted by molar-refractivity contribution is 5.86. The molecule has 0 aliphatic rings. The summed E-state index contributed by atoms with van der Waals surface area (Å²) in [6.45, 7) is 0. The van der Waals surface area contributed by atoms with Crippen LogP contribution >= 0.6 is 0 Å². The number of methoxy groups -OCH3 is 1. The standard InChI is InChI=1S/C14H13F2NO3/c1-17-13(8-5-9(15)7-10(16)6-8)11-3-4-12(20-11)14(18)19-2/h3-7,13,17H,1-2H3. The molecule has 106 valence electrons. The van der Waals surface area contributed by atoms with Crippen LogP contribution in [0.3, 0.4) is 0 Å². The van der Waals surface area contributed by atoms with Gasteiger partial charge >= 0.3 is 5.97 Å². The minimum Gasteiger partial charge on any atom is -0.463 e. The van der Waals surface area contributed by atoms with Gasteiger partial charge in [-0.05, 0) is 36.9 Å². The number of hydrogen-bond acceptors (Lipinski definition) is 4. The Labute approximate surface area is 114 Å². The smallest absolute Gasteiger partial charge is 0.373 e. The highest BCUT2D eigenvalue weighted by atomic mass is 19.1. The predicted octanol–water partition coefficient (Wildman–Crippen LogP) is 2.65. The van der Waals surface area contributed by atoms with Crippen molar-refractivity contribution in [2.24, 2.45) is 0 Å². The van der Waals surface area contributed by atoms with E-state index in [4.69, 9.17) is 4.42 Å². The van der Waals surface area contributed by atoms with E-state index in [-0.39, 0.29) is 5.76 Å². The number of nitrogens with one attached hydrogen (secondary N) is 1. The van der Waals surface area contributed by atoms with E-state index >= 15 is 0 Å². The summed E-state index contributed by atoms with van der Waals surface area (Å²) in [5.74, 6) is -1.59. The summed E-state index contributed by atoms with van der Waals surface area (Å²) in [6, 6.07) is 5.61. The maximum Gasteiger partial charge on any atom is 0.373 e. The van der Waals surface area contributed by atoms with Crippen LogP contribution in [0.1, 0.15) is 27.9 Å². The summed E-state index contributed by atoms with van der Waals surface area (Å²) in [5.41, 5.74) is 0.357. The molecule has 1 unspecified atom stereocenters. The molecule has 1 atom stereocenters. The molecule has 4 nitrogen and oxygen atoms in total. The first kappa shape index (κ1) is 14.2. The number of halogens is 2. The molecular weight excluding hydrogens is 268 g/mol. The maximum absolute atomic E-state index is 13.3. The molecule has 1 N–H and O–H groups in total. The Kier molecular flexibility index (Phi) is 4.14. The number of hydrogen-bond donors (Lipinski definition) is 1. The van der Waals surface area contributed by atoms with Gasteiger partial charge in [-0.1, -0.05) is 0 Å².